The van der Waals surface area contributed by atoms with Crippen molar-refractivity contribution in [2.75, 3.05) is 0 Å². The fourth-order valence-electron chi connectivity index (χ4n) is 2.75. The number of benzene rings is 2. The van der Waals surface area contributed by atoms with Crippen LogP contribution < -0.4 is 10.5 Å². The molecule has 0 aliphatic heterocycles. The van der Waals surface area contributed by atoms with E-state index in [1.807, 2.05) is 31.2 Å². The molecule has 0 fully saturated rings. The summed E-state index contributed by atoms with van der Waals surface area (Å²) in [5.74, 6) is 1.75. The van der Waals surface area contributed by atoms with Crippen LogP contribution in [0.1, 0.15) is 28.7 Å². The second kappa shape index (κ2) is 5.00. The third-order valence-electron chi connectivity index (χ3n) is 3.79. The van der Waals surface area contributed by atoms with Crippen LogP contribution in [0.15, 0.2) is 36.4 Å². The second-order valence-electron chi connectivity index (χ2n) is 5.28. The van der Waals surface area contributed by atoms with Gasteiger partial charge in [-0.3, -0.25) is 5.41 Å². The summed E-state index contributed by atoms with van der Waals surface area (Å²) in [6.07, 6.45) is 3.57. The van der Waals surface area contributed by atoms with Crippen LogP contribution in [-0.4, -0.2) is 5.84 Å². The van der Waals surface area contributed by atoms with Gasteiger partial charge in [-0.2, -0.15) is 0 Å². The van der Waals surface area contributed by atoms with Crippen LogP contribution in [0, 0.1) is 12.3 Å². The molecule has 3 nitrogen and oxygen atoms in total. The Balaban J connectivity index is 1.84. The fraction of sp³-hybridized carbons (Fsp3) is 0.235. The van der Waals surface area contributed by atoms with Gasteiger partial charge < -0.3 is 10.5 Å². The van der Waals surface area contributed by atoms with Gasteiger partial charge in [-0.15, -0.1) is 0 Å². The zero-order chi connectivity index (χ0) is 14.1. The SMILES string of the molecule is Cc1cc(Oc2ccc3c(c2)CCC3)ccc1C(=N)N. The third-order valence-corrected chi connectivity index (χ3v) is 3.79. The molecule has 1 aliphatic carbocycles. The molecule has 0 unspecified atom stereocenters. The van der Waals surface area contributed by atoms with E-state index in [0.29, 0.717) is 0 Å². The highest BCUT2D eigenvalue weighted by Crippen LogP contribution is 2.29. The van der Waals surface area contributed by atoms with E-state index in [4.69, 9.17) is 15.9 Å². The Bertz CT molecular complexity index is 677. The van der Waals surface area contributed by atoms with Crippen LogP contribution in [0.2, 0.25) is 0 Å². The summed E-state index contributed by atoms with van der Waals surface area (Å²) in [5.41, 5.74) is 10.1. The highest BCUT2D eigenvalue weighted by atomic mass is 16.5. The molecule has 0 saturated heterocycles. The Labute approximate surface area is 118 Å². The summed E-state index contributed by atoms with van der Waals surface area (Å²) in [5, 5.41) is 7.49. The fourth-order valence-corrected chi connectivity index (χ4v) is 2.75. The van der Waals surface area contributed by atoms with Crippen molar-refractivity contribution in [3.05, 3.63) is 58.7 Å². The molecular weight excluding hydrogens is 248 g/mol. The predicted octanol–water partition coefficient (Wildman–Crippen LogP) is 3.56. The maximum atomic E-state index is 7.49. The van der Waals surface area contributed by atoms with Gasteiger partial charge in [-0.05, 0) is 73.2 Å². The summed E-state index contributed by atoms with van der Waals surface area (Å²) in [4.78, 5) is 0. The average Bonchev–Trinajstić information content (AvgIpc) is 2.85. The molecule has 0 aromatic heterocycles. The predicted molar refractivity (Wildman–Crippen MR) is 80.7 cm³/mol. The van der Waals surface area contributed by atoms with Crippen LogP contribution in [0.25, 0.3) is 0 Å². The van der Waals surface area contributed by atoms with Crippen molar-refractivity contribution in [2.24, 2.45) is 5.73 Å². The number of rotatable bonds is 3. The summed E-state index contributed by atoms with van der Waals surface area (Å²) in [6.45, 7) is 1.94. The number of amidine groups is 1. The molecule has 3 heteroatoms. The van der Waals surface area contributed by atoms with Crippen LogP contribution in [-0.2, 0) is 12.8 Å². The van der Waals surface area contributed by atoms with E-state index >= 15 is 0 Å². The molecule has 0 saturated carbocycles. The zero-order valence-corrected chi connectivity index (χ0v) is 11.6. The molecule has 0 atom stereocenters. The minimum atomic E-state index is 0.0894. The third kappa shape index (κ3) is 2.39. The topological polar surface area (TPSA) is 59.1 Å². The molecular formula is C17H18N2O. The number of nitrogens with one attached hydrogen (secondary N) is 1. The second-order valence-corrected chi connectivity index (χ2v) is 5.28. The number of hydrogen-bond acceptors (Lipinski definition) is 2. The maximum Gasteiger partial charge on any atom is 0.127 e. The largest absolute Gasteiger partial charge is 0.457 e. The number of nitrogen functional groups attached to an aromatic ring is 1. The standard InChI is InChI=1S/C17H18N2O/c1-11-9-14(7-8-16(11)17(18)19)20-15-6-5-12-3-2-4-13(12)10-15/h5-10H,2-4H2,1H3,(H3,18,19). The lowest BCUT2D eigenvalue weighted by Crippen LogP contribution is -2.12. The van der Waals surface area contributed by atoms with Crippen molar-refractivity contribution >= 4 is 5.84 Å². The number of nitrogens with two attached hydrogens (primary N) is 1. The van der Waals surface area contributed by atoms with E-state index in [2.05, 4.69) is 12.1 Å². The van der Waals surface area contributed by atoms with E-state index in [0.717, 1.165) is 29.0 Å². The van der Waals surface area contributed by atoms with Crippen molar-refractivity contribution in [3.8, 4) is 11.5 Å². The van der Waals surface area contributed by atoms with Gasteiger partial charge >= 0.3 is 0 Å². The lowest BCUT2D eigenvalue weighted by molar-refractivity contribution is 0.481. The molecule has 1 aliphatic rings. The molecule has 0 bridgehead atoms. The molecule has 3 N–H and O–H groups in total. The monoisotopic (exact) mass is 266 g/mol. The number of ether oxygens (including phenoxy) is 1. The van der Waals surface area contributed by atoms with Gasteiger partial charge in [-0.25, -0.2) is 0 Å². The van der Waals surface area contributed by atoms with Crippen LogP contribution in [0.3, 0.4) is 0 Å². The van der Waals surface area contributed by atoms with Crippen molar-refractivity contribution in [3.63, 3.8) is 0 Å². The van der Waals surface area contributed by atoms with E-state index in [1.54, 1.807) is 0 Å². The molecule has 0 spiro atoms. The number of fused-ring (bicyclic) bond motifs is 1. The minimum Gasteiger partial charge on any atom is -0.457 e. The highest BCUT2D eigenvalue weighted by molar-refractivity contribution is 5.96. The van der Waals surface area contributed by atoms with E-state index in [-0.39, 0.29) is 5.84 Å². The van der Waals surface area contributed by atoms with E-state index in [9.17, 15) is 0 Å². The number of aryl methyl sites for hydroxylation is 3. The minimum absolute atomic E-state index is 0.0894. The number of hydrogen-bond donors (Lipinski definition) is 2. The van der Waals surface area contributed by atoms with Crippen molar-refractivity contribution < 1.29 is 4.74 Å². The summed E-state index contributed by atoms with van der Waals surface area (Å²) in [6, 6.07) is 11.9. The van der Waals surface area contributed by atoms with Gasteiger partial charge in [-0.1, -0.05) is 6.07 Å². The molecule has 20 heavy (non-hydrogen) atoms. The highest BCUT2D eigenvalue weighted by Gasteiger charge is 2.11. The van der Waals surface area contributed by atoms with E-state index < -0.39 is 0 Å². The Morgan fingerprint density at radius 2 is 1.75 bits per heavy atom. The molecule has 2 aromatic carbocycles. The van der Waals surface area contributed by atoms with E-state index in [1.165, 1.54) is 24.0 Å². The Hall–Kier alpha value is -2.29. The molecule has 3 rings (SSSR count). The van der Waals surface area contributed by atoms with Gasteiger partial charge in [0.2, 0.25) is 0 Å². The molecule has 102 valence electrons. The first-order chi connectivity index (χ1) is 9.63. The van der Waals surface area contributed by atoms with Crippen LogP contribution >= 0.6 is 0 Å². The maximum absolute atomic E-state index is 7.49. The lowest BCUT2D eigenvalue weighted by Gasteiger charge is -2.10. The first-order valence-electron chi connectivity index (χ1n) is 6.88. The zero-order valence-electron chi connectivity index (χ0n) is 11.6. The average molecular weight is 266 g/mol. The Kier molecular flexibility index (Phi) is 3.18. The molecule has 0 heterocycles. The first kappa shape index (κ1) is 12.7. The molecule has 2 aromatic rings. The van der Waals surface area contributed by atoms with Crippen molar-refractivity contribution in [1.82, 2.24) is 0 Å². The normalized spacial score (nSPS) is 13.1. The quantitative estimate of drug-likeness (QED) is 0.659. The molecule has 0 radical (unpaired) electrons. The lowest BCUT2D eigenvalue weighted by atomic mass is 10.1. The Morgan fingerprint density at radius 1 is 1.05 bits per heavy atom. The summed E-state index contributed by atoms with van der Waals surface area (Å²) >= 11 is 0. The van der Waals surface area contributed by atoms with Gasteiger partial charge in [0.15, 0.2) is 0 Å². The smallest absolute Gasteiger partial charge is 0.127 e. The van der Waals surface area contributed by atoms with Gasteiger partial charge in [0.25, 0.3) is 0 Å². The van der Waals surface area contributed by atoms with Gasteiger partial charge in [0, 0.05) is 5.56 Å². The summed E-state index contributed by atoms with van der Waals surface area (Å²) in [7, 11) is 0. The van der Waals surface area contributed by atoms with Crippen molar-refractivity contribution in [1.29, 1.82) is 5.41 Å². The molecule has 0 amide bonds. The Morgan fingerprint density at radius 3 is 2.50 bits per heavy atom. The van der Waals surface area contributed by atoms with Gasteiger partial charge in [0.1, 0.15) is 17.3 Å². The summed E-state index contributed by atoms with van der Waals surface area (Å²) < 4.78 is 5.91. The van der Waals surface area contributed by atoms with Crippen LogP contribution in [0.5, 0.6) is 11.5 Å². The van der Waals surface area contributed by atoms with Gasteiger partial charge in [0.05, 0.1) is 0 Å². The van der Waals surface area contributed by atoms with Crippen molar-refractivity contribution in [2.45, 2.75) is 26.2 Å². The first-order valence-corrected chi connectivity index (χ1v) is 6.88. The van der Waals surface area contributed by atoms with Crippen LogP contribution in [0.4, 0.5) is 0 Å².